The predicted molar refractivity (Wildman–Crippen MR) is 61.7 cm³/mol. The first-order valence-corrected chi connectivity index (χ1v) is 5.39. The lowest BCUT2D eigenvalue weighted by molar-refractivity contribution is -0.138. The van der Waals surface area contributed by atoms with Crippen LogP contribution in [0.2, 0.25) is 0 Å². The van der Waals surface area contributed by atoms with Crippen molar-refractivity contribution in [3.8, 4) is 11.5 Å². The minimum Gasteiger partial charge on any atom is -0.456 e. The Bertz CT molecular complexity index is 556. The quantitative estimate of drug-likeness (QED) is 0.928. The Balaban J connectivity index is 2.33. The Hall–Kier alpha value is -2.08. The monoisotopic (exact) mass is 269 g/mol. The van der Waals surface area contributed by atoms with Crippen molar-refractivity contribution in [3.05, 3.63) is 53.9 Å². The van der Waals surface area contributed by atoms with Gasteiger partial charge in [-0.05, 0) is 29.8 Å². The van der Waals surface area contributed by atoms with Crippen LogP contribution in [0.1, 0.15) is 11.1 Å². The lowest BCUT2D eigenvalue weighted by Gasteiger charge is -2.13. The van der Waals surface area contributed by atoms with Crippen molar-refractivity contribution >= 4 is 0 Å². The van der Waals surface area contributed by atoms with Crippen LogP contribution in [0.4, 0.5) is 13.2 Å². The Morgan fingerprint density at radius 1 is 1.16 bits per heavy atom. The number of hydrogen-bond acceptors (Lipinski definition) is 3. The number of halogens is 3. The molecule has 0 bridgehead atoms. The first kappa shape index (κ1) is 13.4. The summed E-state index contributed by atoms with van der Waals surface area (Å²) in [7, 11) is 0. The maximum atomic E-state index is 12.8. The van der Waals surface area contributed by atoms with Crippen LogP contribution in [0, 0.1) is 0 Å². The molecule has 0 fully saturated rings. The van der Waals surface area contributed by atoms with Gasteiger partial charge in [-0.25, -0.2) is 0 Å². The van der Waals surface area contributed by atoms with Crippen LogP contribution in [-0.4, -0.2) is 10.1 Å². The Labute approximate surface area is 107 Å². The number of ether oxygens (including phenoxy) is 1. The van der Waals surface area contributed by atoms with E-state index in [2.05, 4.69) is 4.98 Å². The molecule has 0 atom stereocenters. The first-order valence-electron chi connectivity index (χ1n) is 5.39. The molecule has 0 spiro atoms. The number of benzene rings is 1. The van der Waals surface area contributed by atoms with E-state index in [0.29, 0.717) is 5.75 Å². The summed E-state index contributed by atoms with van der Waals surface area (Å²) in [6.07, 6.45) is -1.61. The molecule has 0 saturated heterocycles. The van der Waals surface area contributed by atoms with Gasteiger partial charge < -0.3 is 9.84 Å². The van der Waals surface area contributed by atoms with Gasteiger partial charge in [0.15, 0.2) is 0 Å². The van der Waals surface area contributed by atoms with Gasteiger partial charge in [-0.1, -0.05) is 6.07 Å². The average molecular weight is 269 g/mol. The Morgan fingerprint density at radius 2 is 1.95 bits per heavy atom. The highest BCUT2D eigenvalue weighted by Crippen LogP contribution is 2.35. The van der Waals surface area contributed by atoms with Crippen LogP contribution in [0.5, 0.6) is 11.5 Å². The normalized spacial score (nSPS) is 11.4. The van der Waals surface area contributed by atoms with E-state index in [-0.39, 0.29) is 11.3 Å². The van der Waals surface area contributed by atoms with Gasteiger partial charge in [0.2, 0.25) is 0 Å². The fourth-order valence-electron chi connectivity index (χ4n) is 1.56. The number of alkyl halides is 3. The van der Waals surface area contributed by atoms with Crippen LogP contribution < -0.4 is 4.74 Å². The molecule has 0 aliphatic rings. The third-order valence-electron chi connectivity index (χ3n) is 2.43. The number of aliphatic hydroxyl groups excluding tert-OH is 1. The molecule has 2 aromatic rings. The van der Waals surface area contributed by atoms with E-state index in [1.54, 1.807) is 12.1 Å². The van der Waals surface area contributed by atoms with Crippen molar-refractivity contribution in [2.45, 2.75) is 12.8 Å². The van der Waals surface area contributed by atoms with Crippen molar-refractivity contribution in [2.24, 2.45) is 0 Å². The molecule has 0 unspecified atom stereocenters. The van der Waals surface area contributed by atoms with Crippen molar-refractivity contribution in [1.82, 2.24) is 4.98 Å². The molecule has 0 radical (unpaired) electrons. The highest BCUT2D eigenvalue weighted by Gasteiger charge is 2.33. The summed E-state index contributed by atoms with van der Waals surface area (Å²) < 4.78 is 43.6. The molecule has 2 rings (SSSR count). The highest BCUT2D eigenvalue weighted by atomic mass is 19.4. The van der Waals surface area contributed by atoms with E-state index >= 15 is 0 Å². The lowest BCUT2D eigenvalue weighted by Crippen LogP contribution is -2.09. The molecule has 0 aliphatic heterocycles. The number of aromatic nitrogens is 1. The van der Waals surface area contributed by atoms with E-state index in [0.717, 1.165) is 6.07 Å². The number of aliphatic hydroxyl groups is 1. The van der Waals surface area contributed by atoms with Gasteiger partial charge in [0.1, 0.15) is 11.5 Å². The third-order valence-corrected chi connectivity index (χ3v) is 2.43. The summed E-state index contributed by atoms with van der Waals surface area (Å²) in [5.41, 5.74) is -1.09. The van der Waals surface area contributed by atoms with Crippen molar-refractivity contribution in [2.75, 3.05) is 0 Å². The largest absolute Gasteiger partial charge is 0.456 e. The second-order valence-corrected chi connectivity index (χ2v) is 3.77. The molecule has 1 heterocycles. The molecule has 1 aromatic carbocycles. The van der Waals surface area contributed by atoms with Gasteiger partial charge >= 0.3 is 6.18 Å². The summed E-state index contributed by atoms with van der Waals surface area (Å²) >= 11 is 0. The number of nitrogens with zero attached hydrogens (tertiary/aromatic N) is 1. The summed E-state index contributed by atoms with van der Waals surface area (Å²) in [6, 6.07) is 6.61. The van der Waals surface area contributed by atoms with E-state index in [9.17, 15) is 13.2 Å². The fraction of sp³-hybridized carbons (Fsp3) is 0.154. The summed E-state index contributed by atoms with van der Waals surface area (Å²) in [5.74, 6) is 0.380. The smallest absolute Gasteiger partial charge is 0.416 e. The van der Waals surface area contributed by atoms with Crippen LogP contribution in [-0.2, 0) is 12.8 Å². The van der Waals surface area contributed by atoms with Crippen molar-refractivity contribution in [3.63, 3.8) is 0 Å². The second-order valence-electron chi connectivity index (χ2n) is 3.77. The molecule has 0 aliphatic carbocycles. The number of rotatable bonds is 3. The number of hydrogen-bond donors (Lipinski definition) is 1. The lowest BCUT2D eigenvalue weighted by atomic mass is 10.1. The molecule has 0 amide bonds. The van der Waals surface area contributed by atoms with E-state index < -0.39 is 18.3 Å². The van der Waals surface area contributed by atoms with Gasteiger partial charge in [-0.2, -0.15) is 13.2 Å². The van der Waals surface area contributed by atoms with Crippen LogP contribution in [0.3, 0.4) is 0 Å². The topological polar surface area (TPSA) is 42.4 Å². The molecule has 0 saturated carbocycles. The SMILES string of the molecule is OCc1ccc(Oc2cccnc2)cc1C(F)(F)F. The Morgan fingerprint density at radius 3 is 2.53 bits per heavy atom. The second kappa shape index (κ2) is 5.27. The van der Waals surface area contributed by atoms with Crippen LogP contribution in [0.15, 0.2) is 42.7 Å². The maximum absolute atomic E-state index is 12.8. The molecule has 19 heavy (non-hydrogen) atoms. The van der Waals surface area contributed by atoms with Crippen molar-refractivity contribution in [1.29, 1.82) is 0 Å². The van der Waals surface area contributed by atoms with E-state index in [1.807, 2.05) is 0 Å². The highest BCUT2D eigenvalue weighted by molar-refractivity contribution is 5.39. The van der Waals surface area contributed by atoms with Gasteiger partial charge in [0.05, 0.1) is 18.4 Å². The van der Waals surface area contributed by atoms with Crippen LogP contribution in [0.25, 0.3) is 0 Å². The van der Waals surface area contributed by atoms with Gasteiger partial charge in [-0.3, -0.25) is 4.98 Å². The number of pyridine rings is 1. The third kappa shape index (κ3) is 3.23. The summed E-state index contributed by atoms with van der Waals surface area (Å²) in [4.78, 5) is 3.80. The Kier molecular flexibility index (Phi) is 3.71. The molecule has 1 N–H and O–H groups in total. The van der Waals surface area contributed by atoms with Crippen LogP contribution >= 0.6 is 0 Å². The standard InChI is InChI=1S/C13H10F3NO2/c14-13(15,16)12-6-10(4-3-9(12)8-18)19-11-2-1-5-17-7-11/h1-7,18H,8H2. The minimum atomic E-state index is -4.54. The minimum absolute atomic E-state index is 0.0394. The maximum Gasteiger partial charge on any atom is 0.416 e. The zero-order chi connectivity index (χ0) is 13.9. The molecule has 6 heteroatoms. The van der Waals surface area contributed by atoms with Gasteiger partial charge in [-0.15, -0.1) is 0 Å². The molecule has 1 aromatic heterocycles. The summed E-state index contributed by atoms with van der Waals surface area (Å²) in [6.45, 7) is -0.679. The average Bonchev–Trinajstić information content (AvgIpc) is 2.39. The fourth-order valence-corrected chi connectivity index (χ4v) is 1.56. The molecular formula is C13H10F3NO2. The molecule has 3 nitrogen and oxygen atoms in total. The van der Waals surface area contributed by atoms with E-state index in [4.69, 9.17) is 9.84 Å². The van der Waals surface area contributed by atoms with Gasteiger partial charge in [0, 0.05) is 6.20 Å². The summed E-state index contributed by atoms with van der Waals surface area (Å²) in [5, 5.41) is 8.91. The first-order chi connectivity index (χ1) is 9.00. The zero-order valence-corrected chi connectivity index (χ0v) is 9.69. The zero-order valence-electron chi connectivity index (χ0n) is 9.69. The molecule has 100 valence electrons. The van der Waals surface area contributed by atoms with Gasteiger partial charge in [0.25, 0.3) is 0 Å². The molecular weight excluding hydrogens is 259 g/mol. The predicted octanol–water partition coefficient (Wildman–Crippen LogP) is 3.39. The van der Waals surface area contributed by atoms with Crippen molar-refractivity contribution < 1.29 is 23.0 Å². The van der Waals surface area contributed by atoms with E-state index in [1.165, 1.54) is 24.5 Å².